The lowest BCUT2D eigenvalue weighted by atomic mass is 9.93. The maximum atomic E-state index is 11.2. The Morgan fingerprint density at radius 3 is 2.72 bits per heavy atom. The molecule has 0 aliphatic carbocycles. The van der Waals surface area contributed by atoms with E-state index in [-0.39, 0.29) is 5.91 Å². The number of carbonyl (C=O) groups is 1. The highest BCUT2D eigenvalue weighted by Crippen LogP contribution is 2.17. The summed E-state index contributed by atoms with van der Waals surface area (Å²) in [5.41, 5.74) is 4.67. The molecule has 0 bridgehead atoms. The van der Waals surface area contributed by atoms with Crippen molar-refractivity contribution in [3.63, 3.8) is 0 Å². The molecule has 1 rings (SSSR count). The van der Waals surface area contributed by atoms with E-state index in [2.05, 4.69) is 15.3 Å². The monoisotopic (exact) mass is 270 g/mol. The quantitative estimate of drug-likeness (QED) is 0.775. The van der Waals surface area contributed by atoms with E-state index >= 15 is 0 Å². The first-order valence-corrected chi connectivity index (χ1v) is 6.30. The van der Waals surface area contributed by atoms with Gasteiger partial charge in [-0.25, -0.2) is 9.97 Å². The zero-order chi connectivity index (χ0) is 13.8. The van der Waals surface area contributed by atoms with Crippen LogP contribution in [0.3, 0.4) is 0 Å². The average molecular weight is 271 g/mol. The van der Waals surface area contributed by atoms with Crippen LogP contribution in [0.4, 0.5) is 5.82 Å². The minimum absolute atomic E-state index is 0.357. The van der Waals surface area contributed by atoms with Crippen molar-refractivity contribution in [2.24, 2.45) is 11.1 Å². The van der Waals surface area contributed by atoms with E-state index < -0.39 is 5.41 Å². The summed E-state index contributed by atoms with van der Waals surface area (Å²) >= 11 is 5.92. The molecule has 0 saturated heterocycles. The molecule has 100 valence electrons. The molecule has 5 nitrogen and oxygen atoms in total. The van der Waals surface area contributed by atoms with E-state index in [0.29, 0.717) is 23.3 Å². The predicted molar refractivity (Wildman–Crippen MR) is 72.5 cm³/mol. The molecule has 0 aliphatic rings. The van der Waals surface area contributed by atoms with Gasteiger partial charge in [-0.3, -0.25) is 4.79 Å². The van der Waals surface area contributed by atoms with Gasteiger partial charge in [-0.1, -0.05) is 18.5 Å². The van der Waals surface area contributed by atoms with Crippen molar-refractivity contribution < 1.29 is 4.79 Å². The van der Waals surface area contributed by atoms with Crippen molar-refractivity contribution in [3.05, 3.63) is 17.0 Å². The number of halogens is 1. The SMILES string of the molecule is CCCc1nc(Cl)cc(NCC(C)(C)C(N)=O)n1. The zero-order valence-corrected chi connectivity index (χ0v) is 11.7. The molecular weight excluding hydrogens is 252 g/mol. The van der Waals surface area contributed by atoms with Gasteiger partial charge in [0.05, 0.1) is 5.41 Å². The molecule has 0 saturated carbocycles. The molecule has 1 aromatic heterocycles. The lowest BCUT2D eigenvalue weighted by Gasteiger charge is -2.21. The molecule has 1 heterocycles. The van der Waals surface area contributed by atoms with Gasteiger partial charge in [-0.05, 0) is 20.3 Å². The van der Waals surface area contributed by atoms with Crippen LogP contribution in [-0.4, -0.2) is 22.4 Å². The van der Waals surface area contributed by atoms with Gasteiger partial charge >= 0.3 is 0 Å². The second-order valence-corrected chi connectivity index (χ2v) is 5.23. The molecule has 0 aliphatic heterocycles. The summed E-state index contributed by atoms with van der Waals surface area (Å²) in [5.74, 6) is 0.959. The molecule has 3 N–H and O–H groups in total. The van der Waals surface area contributed by atoms with Crippen molar-refractivity contribution in [2.45, 2.75) is 33.6 Å². The molecule has 18 heavy (non-hydrogen) atoms. The fourth-order valence-corrected chi connectivity index (χ4v) is 1.49. The lowest BCUT2D eigenvalue weighted by molar-refractivity contribution is -0.125. The first kappa shape index (κ1) is 14.7. The predicted octanol–water partition coefficient (Wildman–Crippen LogP) is 2.01. The number of nitrogens with one attached hydrogen (secondary N) is 1. The highest BCUT2D eigenvalue weighted by molar-refractivity contribution is 6.29. The van der Waals surface area contributed by atoms with Crippen LogP contribution in [0.2, 0.25) is 5.15 Å². The summed E-state index contributed by atoms with van der Waals surface area (Å²) in [6.07, 6.45) is 1.72. The first-order chi connectivity index (χ1) is 8.35. The van der Waals surface area contributed by atoms with Crippen LogP contribution >= 0.6 is 11.6 Å². The molecule has 0 atom stereocenters. The van der Waals surface area contributed by atoms with Gasteiger partial charge < -0.3 is 11.1 Å². The van der Waals surface area contributed by atoms with Crippen LogP contribution in [0, 0.1) is 5.41 Å². The molecule has 0 fully saturated rings. The van der Waals surface area contributed by atoms with Crippen molar-refractivity contribution in [3.8, 4) is 0 Å². The van der Waals surface area contributed by atoms with Gasteiger partial charge in [-0.2, -0.15) is 0 Å². The third-order valence-electron chi connectivity index (χ3n) is 2.59. The van der Waals surface area contributed by atoms with Gasteiger partial charge in [-0.15, -0.1) is 0 Å². The van der Waals surface area contributed by atoms with Crippen LogP contribution in [0.1, 0.15) is 33.0 Å². The molecular formula is C12H19ClN4O. The van der Waals surface area contributed by atoms with Crippen molar-refractivity contribution in [1.82, 2.24) is 9.97 Å². The van der Waals surface area contributed by atoms with E-state index in [1.807, 2.05) is 6.92 Å². The molecule has 1 amide bonds. The second-order valence-electron chi connectivity index (χ2n) is 4.84. The van der Waals surface area contributed by atoms with Crippen LogP contribution in [0.15, 0.2) is 6.07 Å². The van der Waals surface area contributed by atoms with Gasteiger partial charge in [0.15, 0.2) is 0 Å². The first-order valence-electron chi connectivity index (χ1n) is 5.92. The Hall–Kier alpha value is -1.36. The molecule has 1 aromatic rings. The summed E-state index contributed by atoms with van der Waals surface area (Å²) in [7, 11) is 0. The van der Waals surface area contributed by atoms with Crippen molar-refractivity contribution in [2.75, 3.05) is 11.9 Å². The van der Waals surface area contributed by atoms with Gasteiger partial charge in [0.25, 0.3) is 0 Å². The number of carbonyl (C=O) groups excluding carboxylic acids is 1. The average Bonchev–Trinajstić information content (AvgIpc) is 2.26. The minimum atomic E-state index is -0.637. The number of hydrogen-bond acceptors (Lipinski definition) is 4. The van der Waals surface area contributed by atoms with E-state index in [1.165, 1.54) is 0 Å². The summed E-state index contributed by atoms with van der Waals surface area (Å²) in [5, 5.41) is 3.47. The van der Waals surface area contributed by atoms with Gasteiger partial charge in [0.2, 0.25) is 5.91 Å². The number of rotatable bonds is 6. The number of nitrogens with two attached hydrogens (primary N) is 1. The Morgan fingerprint density at radius 1 is 1.50 bits per heavy atom. The van der Waals surface area contributed by atoms with Crippen LogP contribution in [-0.2, 0) is 11.2 Å². The van der Waals surface area contributed by atoms with Crippen LogP contribution in [0.25, 0.3) is 0 Å². The molecule has 0 spiro atoms. The maximum absolute atomic E-state index is 11.2. The molecule has 0 aromatic carbocycles. The number of hydrogen-bond donors (Lipinski definition) is 2. The molecule has 6 heteroatoms. The van der Waals surface area contributed by atoms with Gasteiger partial charge in [0.1, 0.15) is 16.8 Å². The van der Waals surface area contributed by atoms with E-state index in [1.54, 1.807) is 19.9 Å². The standard InChI is InChI=1S/C12H19ClN4O/c1-4-5-9-16-8(13)6-10(17-9)15-7-12(2,3)11(14)18/h6H,4-5,7H2,1-3H3,(H2,14,18)(H,15,16,17). The summed E-state index contributed by atoms with van der Waals surface area (Å²) in [4.78, 5) is 19.7. The number of nitrogens with zero attached hydrogens (tertiary/aromatic N) is 2. The number of aromatic nitrogens is 2. The van der Waals surface area contributed by atoms with Crippen molar-refractivity contribution >= 4 is 23.3 Å². The zero-order valence-electron chi connectivity index (χ0n) is 11.0. The third kappa shape index (κ3) is 4.14. The van der Waals surface area contributed by atoms with Crippen molar-refractivity contribution in [1.29, 1.82) is 0 Å². The largest absolute Gasteiger partial charge is 0.369 e. The van der Waals surface area contributed by atoms with Crippen LogP contribution < -0.4 is 11.1 Å². The summed E-state index contributed by atoms with van der Waals surface area (Å²) in [6, 6.07) is 1.64. The number of primary amides is 1. The fourth-order valence-electron chi connectivity index (χ4n) is 1.29. The highest BCUT2D eigenvalue weighted by atomic mass is 35.5. The number of aryl methyl sites for hydroxylation is 1. The Balaban J connectivity index is 2.76. The van der Waals surface area contributed by atoms with Crippen LogP contribution in [0.5, 0.6) is 0 Å². The van der Waals surface area contributed by atoms with E-state index in [9.17, 15) is 4.79 Å². The topological polar surface area (TPSA) is 80.9 Å². The Kier molecular flexibility index (Phi) is 4.90. The summed E-state index contributed by atoms with van der Waals surface area (Å²) < 4.78 is 0. The summed E-state index contributed by atoms with van der Waals surface area (Å²) in [6.45, 7) is 6.00. The molecule has 0 unspecified atom stereocenters. The van der Waals surface area contributed by atoms with E-state index in [0.717, 1.165) is 12.8 Å². The second kappa shape index (κ2) is 6.00. The Bertz CT molecular complexity index is 434. The smallest absolute Gasteiger partial charge is 0.224 e. The lowest BCUT2D eigenvalue weighted by Crippen LogP contribution is -2.37. The Morgan fingerprint density at radius 2 is 2.17 bits per heavy atom. The number of amides is 1. The maximum Gasteiger partial charge on any atom is 0.224 e. The highest BCUT2D eigenvalue weighted by Gasteiger charge is 2.24. The fraction of sp³-hybridized carbons (Fsp3) is 0.583. The minimum Gasteiger partial charge on any atom is -0.369 e. The Labute approximate surface area is 112 Å². The normalized spacial score (nSPS) is 11.3. The third-order valence-corrected chi connectivity index (χ3v) is 2.79. The van der Waals surface area contributed by atoms with Gasteiger partial charge in [0, 0.05) is 19.0 Å². The van der Waals surface area contributed by atoms with E-state index in [4.69, 9.17) is 17.3 Å². The molecule has 0 radical (unpaired) electrons. The number of anilines is 1.